The van der Waals surface area contributed by atoms with Gasteiger partial charge in [0.25, 0.3) is 0 Å². The molecule has 0 bridgehead atoms. The molecule has 84 valence electrons. The van der Waals surface area contributed by atoms with Gasteiger partial charge in [-0.25, -0.2) is 9.67 Å². The van der Waals surface area contributed by atoms with Crippen LogP contribution in [-0.2, 0) is 6.54 Å². The highest BCUT2D eigenvalue weighted by atomic mass is 16.1. The Hall–Kier alpha value is -2.50. The molecule has 0 aliphatic rings. The van der Waals surface area contributed by atoms with Gasteiger partial charge in [-0.3, -0.25) is 4.79 Å². The number of hydrogen-bond donors (Lipinski definition) is 0. The molecule has 3 aromatic rings. The van der Waals surface area contributed by atoms with Crippen molar-refractivity contribution in [3.8, 4) is 0 Å². The molecule has 0 aliphatic carbocycles. The van der Waals surface area contributed by atoms with Crippen LogP contribution in [0.5, 0.6) is 0 Å². The van der Waals surface area contributed by atoms with Crippen LogP contribution in [0.1, 0.15) is 16.2 Å². The van der Waals surface area contributed by atoms with Crippen molar-refractivity contribution in [2.24, 2.45) is 0 Å². The number of aromatic nitrogens is 5. The van der Waals surface area contributed by atoms with Crippen molar-refractivity contribution in [3.63, 3.8) is 0 Å². The lowest BCUT2D eigenvalue weighted by molar-refractivity contribution is 0.111. The molecule has 0 radical (unpaired) electrons. The second-order valence-corrected chi connectivity index (χ2v) is 3.66. The van der Waals surface area contributed by atoms with Crippen LogP contribution >= 0.6 is 0 Å². The fourth-order valence-electron chi connectivity index (χ4n) is 1.67. The molecule has 3 aromatic heterocycles. The van der Waals surface area contributed by atoms with Crippen molar-refractivity contribution >= 4 is 11.9 Å². The Kier molecular flexibility index (Phi) is 2.18. The molecular formula is C11H9N5O. The molecule has 0 N–H and O–H groups in total. The van der Waals surface area contributed by atoms with Crippen molar-refractivity contribution in [3.05, 3.63) is 48.2 Å². The van der Waals surface area contributed by atoms with E-state index in [4.69, 9.17) is 0 Å². The molecule has 0 amide bonds. The lowest BCUT2D eigenvalue weighted by Crippen LogP contribution is -2.00. The fraction of sp³-hybridized carbons (Fsp3) is 0.0909. The largest absolute Gasteiger partial charge is 0.307 e. The van der Waals surface area contributed by atoms with Crippen LogP contribution in [0.4, 0.5) is 0 Å². The Morgan fingerprint density at radius 1 is 1.29 bits per heavy atom. The summed E-state index contributed by atoms with van der Waals surface area (Å²) < 4.78 is 3.53. The summed E-state index contributed by atoms with van der Waals surface area (Å²) in [5.74, 6) is 0. The standard InChI is InChI=1S/C11H9N5O/c17-8-10-7-16(14-13-10)6-9-5-15-4-2-1-3-11(15)12-9/h1-5,7-8H,6H2. The van der Waals surface area contributed by atoms with Gasteiger partial charge in [0, 0.05) is 12.4 Å². The Bertz CT molecular complexity index is 636. The summed E-state index contributed by atoms with van der Waals surface area (Å²) in [6.07, 6.45) is 6.13. The third-order valence-electron chi connectivity index (χ3n) is 2.41. The Labute approximate surface area is 96.5 Å². The van der Waals surface area contributed by atoms with E-state index in [0.29, 0.717) is 18.5 Å². The van der Waals surface area contributed by atoms with Crippen LogP contribution in [0.2, 0.25) is 0 Å². The topological polar surface area (TPSA) is 65.1 Å². The normalized spacial score (nSPS) is 10.8. The Morgan fingerprint density at radius 2 is 2.24 bits per heavy atom. The van der Waals surface area contributed by atoms with E-state index in [1.54, 1.807) is 10.9 Å². The van der Waals surface area contributed by atoms with Gasteiger partial charge in [0.05, 0.1) is 18.4 Å². The average Bonchev–Trinajstić information content (AvgIpc) is 2.94. The van der Waals surface area contributed by atoms with Crippen molar-refractivity contribution in [2.75, 3.05) is 0 Å². The molecule has 0 fully saturated rings. The first-order valence-corrected chi connectivity index (χ1v) is 5.13. The lowest BCUT2D eigenvalue weighted by Gasteiger charge is -1.93. The summed E-state index contributed by atoms with van der Waals surface area (Å²) in [5.41, 5.74) is 2.09. The second kappa shape index (κ2) is 3.82. The van der Waals surface area contributed by atoms with Gasteiger partial charge in [0.15, 0.2) is 6.29 Å². The molecule has 3 rings (SSSR count). The zero-order valence-corrected chi connectivity index (χ0v) is 8.89. The minimum atomic E-state index is 0.328. The van der Waals surface area contributed by atoms with Crippen LogP contribution in [0.15, 0.2) is 36.8 Å². The monoisotopic (exact) mass is 227 g/mol. The maximum Gasteiger partial charge on any atom is 0.171 e. The molecular weight excluding hydrogens is 218 g/mol. The maximum atomic E-state index is 10.5. The second-order valence-electron chi connectivity index (χ2n) is 3.66. The highest BCUT2D eigenvalue weighted by Gasteiger charge is 2.04. The summed E-state index contributed by atoms with van der Waals surface area (Å²) in [7, 11) is 0. The number of carbonyl (C=O) groups is 1. The van der Waals surface area contributed by atoms with Crippen LogP contribution in [0.3, 0.4) is 0 Å². The molecule has 0 aliphatic heterocycles. The zero-order chi connectivity index (χ0) is 11.7. The van der Waals surface area contributed by atoms with Crippen molar-refractivity contribution in [2.45, 2.75) is 6.54 Å². The first-order valence-electron chi connectivity index (χ1n) is 5.13. The van der Waals surface area contributed by atoms with Gasteiger partial charge in [-0.15, -0.1) is 5.10 Å². The predicted octanol–water partition coefficient (Wildman–Crippen LogP) is 0.787. The predicted molar refractivity (Wildman–Crippen MR) is 59.7 cm³/mol. The summed E-state index contributed by atoms with van der Waals surface area (Å²) in [4.78, 5) is 14.9. The van der Waals surface area contributed by atoms with Gasteiger partial charge >= 0.3 is 0 Å². The van der Waals surface area contributed by atoms with E-state index in [-0.39, 0.29) is 0 Å². The van der Waals surface area contributed by atoms with Crippen molar-refractivity contribution < 1.29 is 4.79 Å². The molecule has 17 heavy (non-hydrogen) atoms. The lowest BCUT2D eigenvalue weighted by atomic mass is 10.4. The van der Waals surface area contributed by atoms with E-state index in [1.165, 1.54) is 0 Å². The summed E-state index contributed by atoms with van der Waals surface area (Å²) in [5, 5.41) is 7.53. The molecule has 0 atom stereocenters. The van der Waals surface area contributed by atoms with E-state index in [1.807, 2.05) is 35.0 Å². The first kappa shape index (κ1) is 9.71. The number of carbonyl (C=O) groups excluding carboxylic acids is 1. The average molecular weight is 227 g/mol. The van der Waals surface area contributed by atoms with Gasteiger partial charge in [-0.2, -0.15) is 0 Å². The Balaban J connectivity index is 1.91. The van der Waals surface area contributed by atoms with Gasteiger partial charge in [-0.1, -0.05) is 11.3 Å². The highest BCUT2D eigenvalue weighted by Crippen LogP contribution is 2.05. The zero-order valence-electron chi connectivity index (χ0n) is 8.89. The third kappa shape index (κ3) is 1.80. The summed E-state index contributed by atoms with van der Waals surface area (Å²) in [6.45, 7) is 0.503. The molecule has 6 heteroatoms. The van der Waals surface area contributed by atoms with Crippen LogP contribution in [0, 0.1) is 0 Å². The van der Waals surface area contributed by atoms with E-state index in [0.717, 1.165) is 11.3 Å². The van der Waals surface area contributed by atoms with E-state index in [9.17, 15) is 4.79 Å². The van der Waals surface area contributed by atoms with Crippen LogP contribution in [0.25, 0.3) is 5.65 Å². The van der Waals surface area contributed by atoms with Crippen molar-refractivity contribution in [1.29, 1.82) is 0 Å². The van der Waals surface area contributed by atoms with Crippen molar-refractivity contribution in [1.82, 2.24) is 24.4 Å². The number of fused-ring (bicyclic) bond motifs is 1. The van der Waals surface area contributed by atoms with E-state index in [2.05, 4.69) is 15.3 Å². The molecule has 0 aromatic carbocycles. The van der Waals surface area contributed by atoms with Gasteiger partial charge in [-0.05, 0) is 12.1 Å². The third-order valence-corrected chi connectivity index (χ3v) is 2.41. The molecule has 0 spiro atoms. The maximum absolute atomic E-state index is 10.5. The molecule has 0 saturated heterocycles. The fourth-order valence-corrected chi connectivity index (χ4v) is 1.67. The highest BCUT2D eigenvalue weighted by molar-refractivity contribution is 5.70. The smallest absolute Gasteiger partial charge is 0.171 e. The van der Waals surface area contributed by atoms with Crippen LogP contribution in [-0.4, -0.2) is 30.7 Å². The SMILES string of the molecule is O=Cc1cn(Cc2cn3ccccc3n2)nn1. The number of rotatable bonds is 3. The summed E-state index contributed by atoms with van der Waals surface area (Å²) >= 11 is 0. The van der Waals surface area contributed by atoms with Gasteiger partial charge in [0.1, 0.15) is 11.3 Å². The van der Waals surface area contributed by atoms with Gasteiger partial charge in [0.2, 0.25) is 0 Å². The van der Waals surface area contributed by atoms with Gasteiger partial charge < -0.3 is 4.40 Å². The minimum Gasteiger partial charge on any atom is -0.307 e. The first-order chi connectivity index (χ1) is 8.35. The molecule has 6 nitrogen and oxygen atoms in total. The van der Waals surface area contributed by atoms with Crippen LogP contribution < -0.4 is 0 Å². The molecule has 0 saturated carbocycles. The van der Waals surface area contributed by atoms with E-state index < -0.39 is 0 Å². The number of pyridine rings is 1. The number of aldehydes is 1. The minimum absolute atomic E-state index is 0.328. The molecule has 0 unspecified atom stereocenters. The number of imidazole rings is 1. The molecule has 3 heterocycles. The Morgan fingerprint density at radius 3 is 3.00 bits per heavy atom. The van der Waals surface area contributed by atoms with E-state index >= 15 is 0 Å². The summed E-state index contributed by atoms with van der Waals surface area (Å²) in [6, 6.07) is 5.81. The quantitative estimate of drug-likeness (QED) is 0.620. The number of hydrogen-bond acceptors (Lipinski definition) is 4. The number of nitrogens with zero attached hydrogens (tertiary/aromatic N) is 5.